The van der Waals surface area contributed by atoms with Gasteiger partial charge in [-0.05, 0) is 62.2 Å². The SMILES string of the molecule is CC(C)COc1ccc(Cn2c(Cc3ccccc3)cn(C3CCN(C)CC3)c2=O)cc1. The molecule has 1 fully saturated rings. The van der Waals surface area contributed by atoms with E-state index in [4.69, 9.17) is 4.74 Å². The summed E-state index contributed by atoms with van der Waals surface area (Å²) in [6, 6.07) is 18.8. The van der Waals surface area contributed by atoms with Crippen molar-refractivity contribution in [2.45, 2.75) is 45.7 Å². The Bertz CT molecular complexity index is 1040. The maximum atomic E-state index is 13.5. The highest BCUT2D eigenvalue weighted by Gasteiger charge is 2.22. The number of ether oxygens (including phenoxy) is 1. The lowest BCUT2D eigenvalue weighted by Gasteiger charge is -2.29. The van der Waals surface area contributed by atoms with Crippen molar-refractivity contribution >= 4 is 0 Å². The first-order valence-corrected chi connectivity index (χ1v) is 11.7. The monoisotopic (exact) mass is 433 g/mol. The van der Waals surface area contributed by atoms with E-state index in [1.807, 2.05) is 27.3 Å². The summed E-state index contributed by atoms with van der Waals surface area (Å²) >= 11 is 0. The number of piperidine rings is 1. The number of hydrogen-bond acceptors (Lipinski definition) is 3. The van der Waals surface area contributed by atoms with Crippen LogP contribution in [-0.4, -0.2) is 40.8 Å². The van der Waals surface area contributed by atoms with Crippen molar-refractivity contribution in [3.8, 4) is 5.75 Å². The van der Waals surface area contributed by atoms with Crippen LogP contribution in [0.2, 0.25) is 0 Å². The van der Waals surface area contributed by atoms with Gasteiger partial charge in [0.15, 0.2) is 0 Å². The summed E-state index contributed by atoms with van der Waals surface area (Å²) in [5.74, 6) is 1.37. The third-order valence-corrected chi connectivity index (χ3v) is 6.24. The summed E-state index contributed by atoms with van der Waals surface area (Å²) in [5.41, 5.74) is 3.50. The van der Waals surface area contributed by atoms with Gasteiger partial charge in [-0.25, -0.2) is 4.79 Å². The molecular formula is C27H35N3O2. The molecule has 0 spiro atoms. The zero-order valence-corrected chi connectivity index (χ0v) is 19.5. The topological polar surface area (TPSA) is 39.4 Å². The van der Waals surface area contributed by atoms with E-state index in [1.54, 1.807) is 0 Å². The number of likely N-dealkylation sites (tertiary alicyclic amines) is 1. The van der Waals surface area contributed by atoms with Gasteiger partial charge < -0.3 is 9.64 Å². The maximum absolute atomic E-state index is 13.5. The summed E-state index contributed by atoms with van der Waals surface area (Å²) in [7, 11) is 2.15. The van der Waals surface area contributed by atoms with E-state index in [-0.39, 0.29) is 11.7 Å². The molecule has 0 radical (unpaired) electrons. The normalized spacial score (nSPS) is 15.4. The van der Waals surface area contributed by atoms with Gasteiger partial charge in [0, 0.05) is 24.4 Å². The number of hydrogen-bond donors (Lipinski definition) is 0. The first-order valence-electron chi connectivity index (χ1n) is 11.7. The molecule has 4 rings (SSSR count). The van der Waals surface area contributed by atoms with Crippen LogP contribution in [0.5, 0.6) is 5.75 Å². The Morgan fingerprint density at radius 2 is 1.66 bits per heavy atom. The standard InChI is InChI=1S/C27H35N3O2/c1-21(2)20-32-26-11-9-23(10-12-26)18-29-25(17-22-7-5-4-6-8-22)19-30(27(29)31)24-13-15-28(3)16-14-24/h4-12,19,21,24H,13-18,20H2,1-3H3. The Labute approximate surface area is 191 Å². The van der Waals surface area contributed by atoms with E-state index in [0.717, 1.165) is 49.4 Å². The summed E-state index contributed by atoms with van der Waals surface area (Å²) in [5, 5.41) is 0. The summed E-state index contributed by atoms with van der Waals surface area (Å²) in [4.78, 5) is 15.8. The molecule has 0 N–H and O–H groups in total. The Balaban J connectivity index is 1.59. The predicted molar refractivity (Wildman–Crippen MR) is 130 cm³/mol. The summed E-state index contributed by atoms with van der Waals surface area (Å²) in [6.45, 7) is 7.64. The minimum absolute atomic E-state index is 0.102. The first kappa shape index (κ1) is 22.4. The van der Waals surface area contributed by atoms with Crippen LogP contribution in [0.3, 0.4) is 0 Å². The Morgan fingerprint density at radius 1 is 0.969 bits per heavy atom. The maximum Gasteiger partial charge on any atom is 0.328 e. The van der Waals surface area contributed by atoms with Crippen molar-refractivity contribution < 1.29 is 4.74 Å². The van der Waals surface area contributed by atoms with Gasteiger partial charge in [-0.3, -0.25) is 9.13 Å². The number of rotatable bonds is 8. The molecule has 1 aliphatic rings. The number of nitrogens with zero attached hydrogens (tertiary/aromatic N) is 3. The van der Waals surface area contributed by atoms with Crippen LogP contribution < -0.4 is 10.4 Å². The van der Waals surface area contributed by atoms with Crippen molar-refractivity contribution in [3.63, 3.8) is 0 Å². The van der Waals surface area contributed by atoms with E-state index in [9.17, 15) is 4.79 Å². The highest BCUT2D eigenvalue weighted by Crippen LogP contribution is 2.22. The van der Waals surface area contributed by atoms with Crippen LogP contribution in [0.1, 0.15) is 49.6 Å². The van der Waals surface area contributed by atoms with Crippen LogP contribution in [0.4, 0.5) is 0 Å². The van der Waals surface area contributed by atoms with Gasteiger partial charge in [0.25, 0.3) is 0 Å². The van der Waals surface area contributed by atoms with Crippen LogP contribution in [0.25, 0.3) is 0 Å². The van der Waals surface area contributed by atoms with Gasteiger partial charge in [0.1, 0.15) is 5.75 Å². The zero-order chi connectivity index (χ0) is 22.5. The van der Waals surface area contributed by atoms with Gasteiger partial charge in [0.2, 0.25) is 0 Å². The molecule has 2 heterocycles. The lowest BCUT2D eigenvalue weighted by Crippen LogP contribution is -2.35. The molecule has 32 heavy (non-hydrogen) atoms. The molecule has 0 unspecified atom stereocenters. The molecule has 0 amide bonds. The van der Waals surface area contributed by atoms with Crippen LogP contribution >= 0.6 is 0 Å². The lowest BCUT2D eigenvalue weighted by atomic mass is 10.1. The first-order chi connectivity index (χ1) is 15.5. The molecule has 1 saturated heterocycles. The van der Waals surface area contributed by atoms with Gasteiger partial charge >= 0.3 is 5.69 Å². The smallest absolute Gasteiger partial charge is 0.328 e. The molecular weight excluding hydrogens is 398 g/mol. The molecule has 0 atom stereocenters. The van der Waals surface area contributed by atoms with Crippen LogP contribution in [-0.2, 0) is 13.0 Å². The lowest BCUT2D eigenvalue weighted by molar-refractivity contribution is 0.218. The fraction of sp³-hybridized carbons (Fsp3) is 0.444. The summed E-state index contributed by atoms with van der Waals surface area (Å²) in [6.07, 6.45) is 4.90. The largest absolute Gasteiger partial charge is 0.493 e. The minimum Gasteiger partial charge on any atom is -0.493 e. The van der Waals surface area contributed by atoms with E-state index >= 15 is 0 Å². The van der Waals surface area contributed by atoms with Crippen molar-refractivity contribution in [2.75, 3.05) is 26.7 Å². The molecule has 0 aliphatic carbocycles. The fourth-order valence-electron chi connectivity index (χ4n) is 4.33. The van der Waals surface area contributed by atoms with Crippen molar-refractivity contribution in [2.24, 2.45) is 5.92 Å². The highest BCUT2D eigenvalue weighted by atomic mass is 16.5. The third kappa shape index (κ3) is 5.52. The van der Waals surface area contributed by atoms with E-state index < -0.39 is 0 Å². The highest BCUT2D eigenvalue weighted by molar-refractivity contribution is 5.28. The average molecular weight is 434 g/mol. The van der Waals surface area contributed by atoms with Gasteiger partial charge in [-0.1, -0.05) is 56.3 Å². The molecule has 5 heteroatoms. The zero-order valence-electron chi connectivity index (χ0n) is 19.5. The van der Waals surface area contributed by atoms with Gasteiger partial charge in [-0.15, -0.1) is 0 Å². The third-order valence-electron chi connectivity index (χ3n) is 6.24. The molecule has 5 nitrogen and oxygen atoms in total. The second-order valence-electron chi connectivity index (χ2n) is 9.44. The number of benzene rings is 2. The number of aromatic nitrogens is 2. The van der Waals surface area contributed by atoms with Gasteiger partial charge in [-0.2, -0.15) is 0 Å². The average Bonchev–Trinajstić information content (AvgIpc) is 3.09. The Morgan fingerprint density at radius 3 is 2.31 bits per heavy atom. The number of imidazole rings is 1. The van der Waals surface area contributed by atoms with Crippen LogP contribution in [0, 0.1) is 5.92 Å². The Hall–Kier alpha value is -2.79. The molecule has 170 valence electrons. The molecule has 0 saturated carbocycles. The molecule has 2 aromatic carbocycles. The van der Waals surface area contributed by atoms with Crippen molar-refractivity contribution in [1.82, 2.24) is 14.0 Å². The quantitative estimate of drug-likeness (QED) is 0.522. The molecule has 3 aromatic rings. The second kappa shape index (κ2) is 10.2. The molecule has 0 bridgehead atoms. The molecule has 1 aliphatic heterocycles. The van der Waals surface area contributed by atoms with E-state index in [2.05, 4.69) is 68.4 Å². The van der Waals surface area contributed by atoms with Crippen molar-refractivity contribution in [1.29, 1.82) is 0 Å². The fourth-order valence-corrected chi connectivity index (χ4v) is 4.33. The summed E-state index contributed by atoms with van der Waals surface area (Å²) < 4.78 is 9.76. The Kier molecular flexibility index (Phi) is 7.15. The van der Waals surface area contributed by atoms with Crippen molar-refractivity contribution in [3.05, 3.63) is 88.1 Å². The minimum atomic E-state index is 0.102. The molecule has 1 aromatic heterocycles. The van der Waals surface area contributed by atoms with Gasteiger partial charge in [0.05, 0.1) is 13.2 Å². The predicted octanol–water partition coefficient (Wildman–Crippen LogP) is 4.59. The van der Waals surface area contributed by atoms with E-state index in [0.29, 0.717) is 19.1 Å². The second-order valence-corrected chi connectivity index (χ2v) is 9.44. The van der Waals surface area contributed by atoms with E-state index in [1.165, 1.54) is 5.56 Å². The van der Waals surface area contributed by atoms with Crippen LogP contribution in [0.15, 0.2) is 65.6 Å².